The molecule has 0 saturated carbocycles. The second-order valence-electron chi connectivity index (χ2n) is 9.48. The lowest BCUT2D eigenvalue weighted by atomic mass is 9.78. The lowest BCUT2D eigenvalue weighted by Gasteiger charge is -2.53. The molecule has 0 aromatic carbocycles. The van der Waals surface area contributed by atoms with Crippen LogP contribution in [0.3, 0.4) is 0 Å². The van der Waals surface area contributed by atoms with E-state index in [4.69, 9.17) is 28.4 Å². The van der Waals surface area contributed by atoms with Gasteiger partial charge in [0.25, 0.3) is 0 Å². The SMILES string of the molecule is C=CC[C@]1([C@H](O)C(=O)OC)OC(COCCCC)[C@@H](OCCCC)C(OCCCC)C1OCCCC. The van der Waals surface area contributed by atoms with Crippen molar-refractivity contribution in [3.63, 3.8) is 0 Å². The van der Waals surface area contributed by atoms with Gasteiger partial charge in [0.05, 0.1) is 13.7 Å². The highest BCUT2D eigenvalue weighted by Gasteiger charge is 2.61. The predicted molar refractivity (Wildman–Crippen MR) is 140 cm³/mol. The number of rotatable bonds is 21. The molecule has 8 heteroatoms. The molecule has 8 nitrogen and oxygen atoms in total. The molecule has 0 aliphatic carbocycles. The van der Waals surface area contributed by atoms with Crippen LogP contribution in [0.2, 0.25) is 0 Å². The van der Waals surface area contributed by atoms with E-state index in [-0.39, 0.29) is 13.0 Å². The first kappa shape index (κ1) is 33.0. The Kier molecular flexibility index (Phi) is 17.5. The molecule has 0 amide bonds. The highest BCUT2D eigenvalue weighted by atomic mass is 16.6. The van der Waals surface area contributed by atoms with Gasteiger partial charge in [0, 0.05) is 26.4 Å². The summed E-state index contributed by atoms with van der Waals surface area (Å²) in [5.41, 5.74) is -1.46. The van der Waals surface area contributed by atoms with Crippen molar-refractivity contribution >= 4 is 5.97 Å². The summed E-state index contributed by atoms with van der Waals surface area (Å²) in [4.78, 5) is 12.7. The van der Waals surface area contributed by atoms with E-state index in [9.17, 15) is 9.90 Å². The van der Waals surface area contributed by atoms with Crippen molar-refractivity contribution in [3.05, 3.63) is 12.7 Å². The summed E-state index contributed by atoms with van der Waals surface area (Å²) < 4.78 is 36.8. The van der Waals surface area contributed by atoms with Gasteiger partial charge in [-0.15, -0.1) is 6.58 Å². The Hall–Kier alpha value is -1.03. The summed E-state index contributed by atoms with van der Waals surface area (Å²) in [6.07, 6.45) is 5.23. The van der Waals surface area contributed by atoms with Crippen LogP contribution in [0.1, 0.15) is 85.5 Å². The molecule has 0 aromatic heterocycles. The van der Waals surface area contributed by atoms with E-state index in [0.29, 0.717) is 26.4 Å². The minimum Gasteiger partial charge on any atom is -0.467 e. The number of aliphatic hydroxyl groups is 1. The van der Waals surface area contributed by atoms with Crippen molar-refractivity contribution in [2.24, 2.45) is 0 Å². The Morgan fingerprint density at radius 2 is 1.44 bits per heavy atom. The Labute approximate surface area is 219 Å². The van der Waals surface area contributed by atoms with Crippen LogP contribution >= 0.6 is 0 Å². The van der Waals surface area contributed by atoms with Crippen LogP contribution in [0.25, 0.3) is 0 Å². The second-order valence-corrected chi connectivity index (χ2v) is 9.48. The number of carbonyl (C=O) groups is 1. The predicted octanol–water partition coefficient (Wildman–Crippen LogP) is 4.61. The summed E-state index contributed by atoms with van der Waals surface area (Å²) in [5, 5.41) is 11.3. The fourth-order valence-corrected chi connectivity index (χ4v) is 4.39. The number of unbranched alkanes of at least 4 members (excludes halogenated alkanes) is 4. The molecule has 1 saturated heterocycles. The lowest BCUT2D eigenvalue weighted by Crippen LogP contribution is -2.72. The van der Waals surface area contributed by atoms with E-state index in [1.165, 1.54) is 7.11 Å². The molecule has 0 aromatic rings. The maximum absolute atomic E-state index is 12.7. The fourth-order valence-electron chi connectivity index (χ4n) is 4.39. The van der Waals surface area contributed by atoms with Crippen molar-refractivity contribution < 1.29 is 38.3 Å². The number of methoxy groups -OCH3 is 1. The molecule has 0 radical (unpaired) electrons. The topological polar surface area (TPSA) is 92.7 Å². The Morgan fingerprint density at radius 3 is 1.97 bits per heavy atom. The molecule has 1 rings (SSSR count). The van der Waals surface area contributed by atoms with E-state index in [2.05, 4.69) is 34.3 Å². The van der Waals surface area contributed by atoms with E-state index in [1.54, 1.807) is 6.08 Å². The third kappa shape index (κ3) is 9.69. The lowest BCUT2D eigenvalue weighted by molar-refractivity contribution is -0.320. The molecule has 212 valence electrons. The number of carbonyl (C=O) groups excluding carboxylic acids is 1. The number of hydrogen-bond donors (Lipinski definition) is 1. The number of ether oxygens (including phenoxy) is 6. The molecule has 1 aliphatic rings. The molecule has 0 bridgehead atoms. The quantitative estimate of drug-likeness (QED) is 0.134. The van der Waals surface area contributed by atoms with Crippen LogP contribution in [0, 0.1) is 0 Å². The van der Waals surface area contributed by atoms with E-state index >= 15 is 0 Å². The Bertz CT molecular complexity index is 586. The summed E-state index contributed by atoms with van der Waals surface area (Å²) in [7, 11) is 1.25. The standard InChI is InChI=1S/C28H52O8/c1-7-12-17-32-21-22-23(33-18-13-8-2)24(34-19-14-9-3)26(35-20-15-10-4)28(36-22,16-11-5)25(29)27(30)31-6/h11,22-26,29H,5,7-10,12-21H2,1-4,6H3/t22?,23-,24?,25-,26?,28-/m1/s1. The molecule has 0 spiro atoms. The molecule has 1 aliphatic heterocycles. The van der Waals surface area contributed by atoms with Crippen molar-refractivity contribution in [1.82, 2.24) is 0 Å². The Morgan fingerprint density at radius 1 is 0.917 bits per heavy atom. The molecule has 1 N–H and O–H groups in total. The van der Waals surface area contributed by atoms with Crippen LogP contribution in [0.5, 0.6) is 0 Å². The van der Waals surface area contributed by atoms with Crippen LogP contribution in [-0.4, -0.2) is 87.3 Å². The van der Waals surface area contributed by atoms with Gasteiger partial charge in [-0.05, 0) is 32.1 Å². The second kappa shape index (κ2) is 19.1. The summed E-state index contributed by atoms with van der Waals surface area (Å²) in [6.45, 7) is 14.6. The summed E-state index contributed by atoms with van der Waals surface area (Å²) in [5.74, 6) is -0.788. The van der Waals surface area contributed by atoms with Gasteiger partial charge in [0.15, 0.2) is 6.10 Å². The van der Waals surface area contributed by atoms with Gasteiger partial charge < -0.3 is 33.5 Å². The number of esters is 1. The third-order valence-corrected chi connectivity index (χ3v) is 6.53. The maximum atomic E-state index is 12.7. The van der Waals surface area contributed by atoms with Gasteiger partial charge >= 0.3 is 5.97 Å². The van der Waals surface area contributed by atoms with Crippen molar-refractivity contribution in [2.45, 2.75) is 122 Å². The third-order valence-electron chi connectivity index (χ3n) is 6.53. The molecule has 1 fully saturated rings. The number of aliphatic hydroxyl groups excluding tert-OH is 1. The zero-order valence-corrected chi connectivity index (χ0v) is 23.4. The smallest absolute Gasteiger partial charge is 0.337 e. The fraction of sp³-hybridized carbons (Fsp3) is 0.893. The van der Waals surface area contributed by atoms with Gasteiger partial charge in [-0.25, -0.2) is 4.79 Å². The van der Waals surface area contributed by atoms with E-state index in [0.717, 1.165) is 51.4 Å². The van der Waals surface area contributed by atoms with E-state index < -0.39 is 42.1 Å². The van der Waals surface area contributed by atoms with Crippen LogP contribution in [-0.2, 0) is 33.2 Å². The molecule has 3 unspecified atom stereocenters. The first-order chi connectivity index (χ1) is 17.5. The van der Waals surface area contributed by atoms with Crippen molar-refractivity contribution in [3.8, 4) is 0 Å². The van der Waals surface area contributed by atoms with E-state index in [1.807, 2.05) is 0 Å². The van der Waals surface area contributed by atoms with Crippen LogP contribution in [0.4, 0.5) is 0 Å². The molecule has 6 atom stereocenters. The van der Waals surface area contributed by atoms with Gasteiger partial charge in [0.1, 0.15) is 30.0 Å². The minimum absolute atomic E-state index is 0.167. The zero-order valence-electron chi connectivity index (χ0n) is 23.4. The first-order valence-corrected chi connectivity index (χ1v) is 13.9. The molecule has 36 heavy (non-hydrogen) atoms. The van der Waals surface area contributed by atoms with Crippen molar-refractivity contribution in [2.75, 3.05) is 40.1 Å². The van der Waals surface area contributed by atoms with Crippen LogP contribution in [0.15, 0.2) is 12.7 Å². The summed E-state index contributed by atoms with van der Waals surface area (Å²) in [6, 6.07) is 0. The van der Waals surface area contributed by atoms with Gasteiger partial charge in [-0.3, -0.25) is 0 Å². The average molecular weight is 517 g/mol. The summed E-state index contributed by atoms with van der Waals surface area (Å²) >= 11 is 0. The normalized spacial score (nSPS) is 27.1. The molecular weight excluding hydrogens is 464 g/mol. The number of hydrogen-bond acceptors (Lipinski definition) is 8. The zero-order chi connectivity index (χ0) is 26.8. The largest absolute Gasteiger partial charge is 0.467 e. The van der Waals surface area contributed by atoms with Gasteiger partial charge in [-0.2, -0.15) is 0 Å². The van der Waals surface area contributed by atoms with Crippen LogP contribution < -0.4 is 0 Å². The van der Waals surface area contributed by atoms with Crippen molar-refractivity contribution in [1.29, 1.82) is 0 Å². The highest BCUT2D eigenvalue weighted by Crippen LogP contribution is 2.41. The van der Waals surface area contributed by atoms with Gasteiger partial charge in [-0.1, -0.05) is 59.5 Å². The maximum Gasteiger partial charge on any atom is 0.337 e. The minimum atomic E-state index is -1.60. The Balaban J connectivity index is 3.52. The average Bonchev–Trinajstić information content (AvgIpc) is 2.88. The molecular formula is C28H52O8. The molecule has 1 heterocycles. The monoisotopic (exact) mass is 516 g/mol. The highest BCUT2D eigenvalue weighted by molar-refractivity contribution is 5.76. The van der Waals surface area contributed by atoms with Gasteiger partial charge in [0.2, 0.25) is 0 Å². The first-order valence-electron chi connectivity index (χ1n) is 13.9.